The minimum absolute atomic E-state index is 0.716. The number of nitrogen functional groups attached to an aromatic ring is 1. The number of nitrogens with zero attached hydrogens (tertiary/aromatic N) is 1. The quantitative estimate of drug-likeness (QED) is 0.773. The van der Waals surface area contributed by atoms with E-state index in [0.717, 1.165) is 18.2 Å². The number of rotatable bonds is 2. The Kier molecular flexibility index (Phi) is 3.20. The molecule has 0 saturated carbocycles. The molecule has 1 aromatic carbocycles. The van der Waals surface area contributed by atoms with Gasteiger partial charge >= 0.3 is 0 Å². The van der Waals surface area contributed by atoms with Crippen LogP contribution in [0.5, 0.6) is 0 Å². The Labute approximate surface area is 98.4 Å². The lowest BCUT2D eigenvalue weighted by Gasteiger charge is -2.21. The molecule has 2 atom stereocenters. The molecule has 0 aromatic heterocycles. The Morgan fingerprint density at radius 2 is 2.12 bits per heavy atom. The third kappa shape index (κ3) is 2.38. The van der Waals surface area contributed by atoms with Gasteiger partial charge in [0, 0.05) is 24.8 Å². The fraction of sp³-hybridized carbons (Fsp3) is 0.571. The van der Waals surface area contributed by atoms with Crippen molar-refractivity contribution in [2.24, 2.45) is 5.92 Å². The minimum atomic E-state index is 0.716. The number of hydrogen-bond acceptors (Lipinski definition) is 2. The van der Waals surface area contributed by atoms with E-state index in [2.05, 4.69) is 37.8 Å². The zero-order valence-corrected chi connectivity index (χ0v) is 10.5. The van der Waals surface area contributed by atoms with Gasteiger partial charge in [-0.3, -0.25) is 4.90 Å². The summed E-state index contributed by atoms with van der Waals surface area (Å²) in [5.74, 6) is 0.838. The highest BCUT2D eigenvalue weighted by Gasteiger charge is 2.25. The van der Waals surface area contributed by atoms with Crippen molar-refractivity contribution in [2.75, 3.05) is 12.3 Å². The summed E-state index contributed by atoms with van der Waals surface area (Å²) in [6, 6.07) is 7.10. The molecule has 0 bridgehead atoms. The van der Waals surface area contributed by atoms with Crippen LogP contribution < -0.4 is 5.73 Å². The molecular formula is C14H22N2. The van der Waals surface area contributed by atoms with Gasteiger partial charge in [0.25, 0.3) is 0 Å². The molecule has 0 amide bonds. The van der Waals surface area contributed by atoms with Crippen LogP contribution >= 0.6 is 0 Å². The molecule has 1 fully saturated rings. The maximum atomic E-state index is 5.83. The van der Waals surface area contributed by atoms with Crippen LogP contribution in [0.4, 0.5) is 5.69 Å². The number of anilines is 1. The summed E-state index contributed by atoms with van der Waals surface area (Å²) >= 11 is 0. The zero-order valence-electron chi connectivity index (χ0n) is 10.5. The van der Waals surface area contributed by atoms with E-state index in [1.54, 1.807) is 0 Å². The second-order valence-corrected chi connectivity index (χ2v) is 5.31. The molecule has 2 N–H and O–H groups in total. The van der Waals surface area contributed by atoms with E-state index < -0.39 is 0 Å². The molecule has 88 valence electrons. The van der Waals surface area contributed by atoms with Crippen molar-refractivity contribution >= 4 is 5.69 Å². The highest BCUT2D eigenvalue weighted by molar-refractivity contribution is 5.47. The van der Waals surface area contributed by atoms with Gasteiger partial charge in [0.15, 0.2) is 0 Å². The van der Waals surface area contributed by atoms with Gasteiger partial charge in [0.2, 0.25) is 0 Å². The third-order valence-electron chi connectivity index (χ3n) is 3.63. The largest absolute Gasteiger partial charge is 0.399 e. The van der Waals surface area contributed by atoms with Gasteiger partial charge in [-0.25, -0.2) is 0 Å². The fourth-order valence-electron chi connectivity index (χ4n) is 2.68. The average molecular weight is 218 g/mol. The van der Waals surface area contributed by atoms with E-state index in [1.165, 1.54) is 24.1 Å². The standard InChI is InChI=1S/C14H22N2/c1-10-6-12(3)16(8-10)9-13-4-5-14(15)11(2)7-13/h4-5,7,10,12H,6,8-9,15H2,1-3H3. The second kappa shape index (κ2) is 4.46. The van der Waals surface area contributed by atoms with E-state index in [0.29, 0.717) is 6.04 Å². The Morgan fingerprint density at radius 1 is 1.38 bits per heavy atom. The monoisotopic (exact) mass is 218 g/mol. The minimum Gasteiger partial charge on any atom is -0.399 e. The maximum Gasteiger partial charge on any atom is 0.0343 e. The molecular weight excluding hydrogens is 196 g/mol. The van der Waals surface area contributed by atoms with Crippen molar-refractivity contribution in [3.05, 3.63) is 29.3 Å². The Bertz CT molecular complexity index is 373. The molecule has 1 aliphatic heterocycles. The van der Waals surface area contributed by atoms with E-state index >= 15 is 0 Å². The SMILES string of the molecule is Cc1cc(CN2CC(C)CC2C)ccc1N. The fourth-order valence-corrected chi connectivity index (χ4v) is 2.68. The van der Waals surface area contributed by atoms with Crippen molar-refractivity contribution in [1.82, 2.24) is 4.90 Å². The predicted octanol–water partition coefficient (Wildman–Crippen LogP) is 2.81. The van der Waals surface area contributed by atoms with Gasteiger partial charge in [-0.15, -0.1) is 0 Å². The van der Waals surface area contributed by atoms with Crippen molar-refractivity contribution in [3.8, 4) is 0 Å². The molecule has 0 spiro atoms. The topological polar surface area (TPSA) is 29.3 Å². The Hall–Kier alpha value is -1.02. The van der Waals surface area contributed by atoms with Crippen LogP contribution in [0.25, 0.3) is 0 Å². The van der Waals surface area contributed by atoms with Crippen molar-refractivity contribution < 1.29 is 0 Å². The Morgan fingerprint density at radius 3 is 2.69 bits per heavy atom. The van der Waals surface area contributed by atoms with Gasteiger partial charge in [0.1, 0.15) is 0 Å². The summed E-state index contributed by atoms with van der Waals surface area (Å²) in [6.07, 6.45) is 1.33. The van der Waals surface area contributed by atoms with E-state index in [1.807, 2.05) is 6.07 Å². The predicted molar refractivity (Wildman–Crippen MR) is 69.2 cm³/mol. The van der Waals surface area contributed by atoms with Crippen molar-refractivity contribution in [1.29, 1.82) is 0 Å². The molecule has 1 aliphatic rings. The van der Waals surface area contributed by atoms with Gasteiger partial charge < -0.3 is 5.73 Å². The van der Waals surface area contributed by atoms with Gasteiger partial charge in [-0.05, 0) is 43.4 Å². The average Bonchev–Trinajstić information content (AvgIpc) is 2.51. The number of hydrogen-bond donors (Lipinski definition) is 1. The molecule has 1 saturated heterocycles. The van der Waals surface area contributed by atoms with Crippen LogP contribution in [0.2, 0.25) is 0 Å². The lowest BCUT2D eigenvalue weighted by Crippen LogP contribution is -2.26. The molecule has 0 aliphatic carbocycles. The summed E-state index contributed by atoms with van der Waals surface area (Å²) in [5, 5.41) is 0. The van der Waals surface area contributed by atoms with Gasteiger partial charge in [0.05, 0.1) is 0 Å². The Balaban J connectivity index is 2.06. The maximum absolute atomic E-state index is 5.83. The van der Waals surface area contributed by atoms with Gasteiger partial charge in [-0.1, -0.05) is 19.1 Å². The lowest BCUT2D eigenvalue weighted by molar-refractivity contribution is 0.256. The first kappa shape index (κ1) is 11.5. The zero-order chi connectivity index (χ0) is 11.7. The summed E-state index contributed by atoms with van der Waals surface area (Å²) in [6.45, 7) is 9.03. The number of benzene rings is 1. The van der Waals surface area contributed by atoms with Crippen LogP contribution in [-0.4, -0.2) is 17.5 Å². The van der Waals surface area contributed by atoms with Crippen LogP contribution in [-0.2, 0) is 6.54 Å². The van der Waals surface area contributed by atoms with Crippen molar-refractivity contribution in [2.45, 2.75) is 39.8 Å². The highest BCUT2D eigenvalue weighted by Crippen LogP contribution is 2.25. The first-order valence-electron chi connectivity index (χ1n) is 6.15. The summed E-state index contributed by atoms with van der Waals surface area (Å²) < 4.78 is 0. The second-order valence-electron chi connectivity index (χ2n) is 5.31. The van der Waals surface area contributed by atoms with Crippen LogP contribution in [0.15, 0.2) is 18.2 Å². The molecule has 2 rings (SSSR count). The number of likely N-dealkylation sites (tertiary alicyclic amines) is 1. The molecule has 2 heteroatoms. The molecule has 0 radical (unpaired) electrons. The van der Waals surface area contributed by atoms with Crippen LogP contribution in [0, 0.1) is 12.8 Å². The molecule has 2 unspecified atom stereocenters. The molecule has 1 heterocycles. The van der Waals surface area contributed by atoms with Crippen molar-refractivity contribution in [3.63, 3.8) is 0 Å². The summed E-state index contributed by atoms with van der Waals surface area (Å²) in [4.78, 5) is 2.57. The molecule has 2 nitrogen and oxygen atoms in total. The van der Waals surface area contributed by atoms with Gasteiger partial charge in [-0.2, -0.15) is 0 Å². The third-order valence-corrected chi connectivity index (χ3v) is 3.63. The highest BCUT2D eigenvalue weighted by atomic mass is 15.2. The summed E-state index contributed by atoms with van der Waals surface area (Å²) in [5.41, 5.74) is 9.30. The van der Waals surface area contributed by atoms with E-state index in [9.17, 15) is 0 Å². The van der Waals surface area contributed by atoms with E-state index in [-0.39, 0.29) is 0 Å². The first-order chi connectivity index (χ1) is 7.56. The molecule has 16 heavy (non-hydrogen) atoms. The van der Waals surface area contributed by atoms with Crippen LogP contribution in [0.1, 0.15) is 31.4 Å². The van der Waals surface area contributed by atoms with E-state index in [4.69, 9.17) is 5.73 Å². The smallest absolute Gasteiger partial charge is 0.0343 e. The normalized spacial score (nSPS) is 26.2. The molecule has 1 aromatic rings. The first-order valence-corrected chi connectivity index (χ1v) is 6.15. The number of aryl methyl sites for hydroxylation is 1. The number of nitrogens with two attached hydrogens (primary N) is 1. The summed E-state index contributed by atoms with van der Waals surface area (Å²) in [7, 11) is 0. The van der Waals surface area contributed by atoms with Crippen LogP contribution in [0.3, 0.4) is 0 Å². The lowest BCUT2D eigenvalue weighted by atomic mass is 10.1.